The van der Waals surface area contributed by atoms with Crippen molar-refractivity contribution in [1.29, 1.82) is 0 Å². The van der Waals surface area contributed by atoms with Gasteiger partial charge in [0.15, 0.2) is 0 Å². The van der Waals surface area contributed by atoms with E-state index in [1.54, 1.807) is 0 Å². The number of imide groups is 1. The van der Waals surface area contributed by atoms with Crippen LogP contribution in [-0.4, -0.2) is 33.8 Å². The number of carboxylic acid groups (broad SMARTS) is 1. The highest BCUT2D eigenvalue weighted by molar-refractivity contribution is 6.06. The van der Waals surface area contributed by atoms with Gasteiger partial charge in [0, 0.05) is 6.42 Å². The Balaban J connectivity index is 2.22. The van der Waals surface area contributed by atoms with Crippen LogP contribution >= 0.6 is 0 Å². The number of hydrogen-bond donors (Lipinski definition) is 1. The summed E-state index contributed by atoms with van der Waals surface area (Å²) in [5.74, 6) is -2.01. The summed E-state index contributed by atoms with van der Waals surface area (Å²) in [7, 11) is 0. The summed E-state index contributed by atoms with van der Waals surface area (Å²) in [6.45, 7) is 1.91. The second-order valence-corrected chi connectivity index (χ2v) is 5.31. The topological polar surface area (TPSA) is 74.7 Å². The molecule has 0 saturated carbocycles. The molecule has 112 valence electrons. The SMILES string of the molecule is CCCC(CC(=O)O)N1C(=O)CC(c2ccccc2)C1=O. The van der Waals surface area contributed by atoms with Crippen molar-refractivity contribution in [2.24, 2.45) is 0 Å². The highest BCUT2D eigenvalue weighted by Crippen LogP contribution is 2.32. The molecule has 0 bridgehead atoms. The fourth-order valence-electron chi connectivity index (χ4n) is 2.84. The minimum Gasteiger partial charge on any atom is -0.481 e. The Kier molecular flexibility index (Phi) is 4.73. The van der Waals surface area contributed by atoms with E-state index in [1.165, 1.54) is 4.90 Å². The molecule has 5 heteroatoms. The minimum atomic E-state index is -0.989. The van der Waals surface area contributed by atoms with Crippen molar-refractivity contribution in [2.75, 3.05) is 0 Å². The first-order chi connectivity index (χ1) is 10.0. The van der Waals surface area contributed by atoms with Gasteiger partial charge in [0.2, 0.25) is 11.8 Å². The molecule has 1 N–H and O–H groups in total. The predicted octanol–water partition coefficient (Wildman–Crippen LogP) is 2.17. The molecular weight excluding hydrogens is 270 g/mol. The first-order valence-electron chi connectivity index (χ1n) is 7.17. The maximum absolute atomic E-state index is 12.5. The van der Waals surface area contributed by atoms with Crippen LogP contribution in [0.2, 0.25) is 0 Å². The van der Waals surface area contributed by atoms with Gasteiger partial charge in [-0.15, -0.1) is 0 Å². The summed E-state index contributed by atoms with van der Waals surface area (Å²) in [6.07, 6.45) is 1.19. The molecule has 2 rings (SSSR count). The molecule has 1 heterocycles. The van der Waals surface area contributed by atoms with Crippen LogP contribution in [0.1, 0.15) is 44.1 Å². The van der Waals surface area contributed by atoms with E-state index in [0.29, 0.717) is 6.42 Å². The van der Waals surface area contributed by atoms with Crippen molar-refractivity contribution >= 4 is 17.8 Å². The molecule has 1 saturated heterocycles. The molecule has 0 spiro atoms. The van der Waals surface area contributed by atoms with Gasteiger partial charge >= 0.3 is 5.97 Å². The van der Waals surface area contributed by atoms with Gasteiger partial charge in [0.1, 0.15) is 0 Å². The summed E-state index contributed by atoms with van der Waals surface area (Å²) in [5, 5.41) is 8.98. The first kappa shape index (κ1) is 15.2. The first-order valence-corrected chi connectivity index (χ1v) is 7.17. The van der Waals surface area contributed by atoms with E-state index in [1.807, 2.05) is 37.3 Å². The average Bonchev–Trinajstić information content (AvgIpc) is 2.74. The Morgan fingerprint density at radius 2 is 2.00 bits per heavy atom. The second-order valence-electron chi connectivity index (χ2n) is 5.31. The Morgan fingerprint density at radius 3 is 2.57 bits per heavy atom. The maximum Gasteiger partial charge on any atom is 0.305 e. The van der Waals surface area contributed by atoms with Crippen LogP contribution in [0.25, 0.3) is 0 Å². The van der Waals surface area contributed by atoms with E-state index < -0.39 is 17.9 Å². The number of likely N-dealkylation sites (tertiary alicyclic amines) is 1. The number of carboxylic acids is 1. The number of aliphatic carboxylic acids is 1. The molecule has 5 nitrogen and oxygen atoms in total. The van der Waals surface area contributed by atoms with Crippen LogP contribution < -0.4 is 0 Å². The van der Waals surface area contributed by atoms with Crippen LogP contribution in [0.5, 0.6) is 0 Å². The van der Waals surface area contributed by atoms with Crippen LogP contribution in [0, 0.1) is 0 Å². The van der Waals surface area contributed by atoms with Crippen molar-refractivity contribution < 1.29 is 19.5 Å². The predicted molar refractivity (Wildman–Crippen MR) is 76.6 cm³/mol. The fraction of sp³-hybridized carbons (Fsp3) is 0.438. The van der Waals surface area contributed by atoms with E-state index in [2.05, 4.69) is 0 Å². The standard InChI is InChI=1S/C16H19NO4/c1-2-6-12(9-15(19)20)17-14(18)10-13(16(17)21)11-7-4-3-5-8-11/h3-5,7-8,12-13H,2,6,9-10H2,1H3,(H,19,20). The van der Waals surface area contributed by atoms with Gasteiger partial charge < -0.3 is 5.11 Å². The summed E-state index contributed by atoms with van der Waals surface area (Å²) >= 11 is 0. The molecule has 1 fully saturated rings. The molecule has 21 heavy (non-hydrogen) atoms. The Labute approximate surface area is 123 Å². The third kappa shape index (κ3) is 3.29. The quantitative estimate of drug-likeness (QED) is 0.814. The minimum absolute atomic E-state index is 0.128. The lowest BCUT2D eigenvalue weighted by Crippen LogP contribution is -2.41. The van der Waals surface area contributed by atoms with Crippen molar-refractivity contribution in [1.82, 2.24) is 4.90 Å². The zero-order valence-corrected chi connectivity index (χ0v) is 12.0. The van der Waals surface area contributed by atoms with Crippen LogP contribution in [0.3, 0.4) is 0 Å². The highest BCUT2D eigenvalue weighted by Gasteiger charge is 2.43. The zero-order valence-electron chi connectivity index (χ0n) is 12.0. The molecule has 2 unspecified atom stereocenters. The number of rotatable bonds is 6. The number of carbonyl (C=O) groups is 3. The van der Waals surface area contributed by atoms with E-state index in [-0.39, 0.29) is 24.7 Å². The number of carbonyl (C=O) groups excluding carboxylic acids is 2. The van der Waals surface area contributed by atoms with Crippen LogP contribution in [0.4, 0.5) is 0 Å². The fourth-order valence-corrected chi connectivity index (χ4v) is 2.84. The smallest absolute Gasteiger partial charge is 0.305 e. The Bertz CT molecular complexity index is 540. The molecule has 0 radical (unpaired) electrons. The van der Waals surface area contributed by atoms with Gasteiger partial charge in [0.25, 0.3) is 0 Å². The third-order valence-corrected chi connectivity index (χ3v) is 3.78. The average molecular weight is 289 g/mol. The number of hydrogen-bond acceptors (Lipinski definition) is 3. The van der Waals surface area contributed by atoms with E-state index >= 15 is 0 Å². The van der Waals surface area contributed by atoms with Crippen LogP contribution in [0.15, 0.2) is 30.3 Å². The molecule has 1 aliphatic heterocycles. The molecule has 2 amide bonds. The van der Waals surface area contributed by atoms with Gasteiger partial charge in [-0.3, -0.25) is 19.3 Å². The summed E-state index contributed by atoms with van der Waals surface area (Å²) < 4.78 is 0. The summed E-state index contributed by atoms with van der Waals surface area (Å²) in [6, 6.07) is 8.62. The monoisotopic (exact) mass is 289 g/mol. The largest absolute Gasteiger partial charge is 0.481 e. The molecule has 2 atom stereocenters. The maximum atomic E-state index is 12.5. The zero-order chi connectivity index (χ0) is 15.4. The highest BCUT2D eigenvalue weighted by atomic mass is 16.4. The van der Waals surface area contributed by atoms with E-state index in [4.69, 9.17) is 5.11 Å². The van der Waals surface area contributed by atoms with Crippen molar-refractivity contribution in [2.45, 2.75) is 44.6 Å². The number of benzene rings is 1. The van der Waals surface area contributed by atoms with Crippen LogP contribution in [-0.2, 0) is 14.4 Å². The lowest BCUT2D eigenvalue weighted by atomic mass is 9.97. The Hall–Kier alpha value is -2.17. The summed E-state index contributed by atoms with van der Waals surface area (Å²) in [5.41, 5.74) is 0.809. The normalized spacial score (nSPS) is 19.9. The molecule has 1 aromatic carbocycles. The van der Waals surface area contributed by atoms with Gasteiger partial charge in [-0.25, -0.2) is 0 Å². The lowest BCUT2D eigenvalue weighted by molar-refractivity contribution is -0.144. The van der Waals surface area contributed by atoms with Gasteiger partial charge in [0.05, 0.1) is 18.4 Å². The molecule has 0 aromatic heterocycles. The van der Waals surface area contributed by atoms with Crippen molar-refractivity contribution in [3.8, 4) is 0 Å². The summed E-state index contributed by atoms with van der Waals surface area (Å²) in [4.78, 5) is 36.8. The molecule has 0 aliphatic carbocycles. The van der Waals surface area contributed by atoms with Crippen molar-refractivity contribution in [3.05, 3.63) is 35.9 Å². The molecule has 1 aliphatic rings. The lowest BCUT2D eigenvalue weighted by Gasteiger charge is -2.25. The van der Waals surface area contributed by atoms with Gasteiger partial charge in [-0.2, -0.15) is 0 Å². The third-order valence-electron chi connectivity index (χ3n) is 3.78. The van der Waals surface area contributed by atoms with E-state index in [9.17, 15) is 14.4 Å². The second kappa shape index (κ2) is 6.52. The molecular formula is C16H19NO4. The van der Waals surface area contributed by atoms with E-state index in [0.717, 1.165) is 12.0 Å². The molecule has 1 aromatic rings. The number of nitrogens with zero attached hydrogens (tertiary/aromatic N) is 1. The number of amides is 2. The van der Waals surface area contributed by atoms with Gasteiger partial charge in [-0.1, -0.05) is 43.7 Å². The Morgan fingerprint density at radius 1 is 1.33 bits per heavy atom. The van der Waals surface area contributed by atoms with Crippen molar-refractivity contribution in [3.63, 3.8) is 0 Å². The van der Waals surface area contributed by atoms with Gasteiger partial charge in [-0.05, 0) is 12.0 Å².